The minimum absolute atomic E-state index is 0.0288. The van der Waals surface area contributed by atoms with Crippen LogP contribution < -0.4 is 10.9 Å². The van der Waals surface area contributed by atoms with Gasteiger partial charge in [-0.15, -0.1) is 11.3 Å². The summed E-state index contributed by atoms with van der Waals surface area (Å²) in [7, 11) is 0. The Morgan fingerprint density at radius 3 is 3.04 bits per heavy atom. The number of rotatable bonds is 4. The zero-order chi connectivity index (χ0) is 17.4. The van der Waals surface area contributed by atoms with Crippen molar-refractivity contribution < 1.29 is 9.21 Å². The third-order valence-corrected chi connectivity index (χ3v) is 5.79. The lowest BCUT2D eigenvalue weighted by Crippen LogP contribution is -2.33. The van der Waals surface area contributed by atoms with Crippen molar-refractivity contribution in [1.29, 1.82) is 0 Å². The fourth-order valence-electron chi connectivity index (χ4n) is 3.32. The molecule has 1 N–H and O–H groups in total. The maximum Gasteiger partial charge on any atom is 0.263 e. The summed E-state index contributed by atoms with van der Waals surface area (Å²) >= 11 is 1.63. The first-order chi connectivity index (χ1) is 12.1. The molecule has 0 bridgehead atoms. The molecule has 4 rings (SSSR count). The number of aryl methyl sites for hydroxylation is 3. The number of furan rings is 1. The van der Waals surface area contributed by atoms with Gasteiger partial charge in [-0.2, -0.15) is 0 Å². The van der Waals surface area contributed by atoms with Crippen LogP contribution in [0.25, 0.3) is 10.2 Å². The van der Waals surface area contributed by atoms with Gasteiger partial charge in [-0.1, -0.05) is 0 Å². The number of aromatic nitrogens is 2. The van der Waals surface area contributed by atoms with E-state index in [4.69, 9.17) is 4.42 Å². The fraction of sp³-hybridized carbons (Fsp3) is 0.389. The van der Waals surface area contributed by atoms with Crippen molar-refractivity contribution in [3.63, 3.8) is 0 Å². The molecular formula is C18H19N3O3S. The fourth-order valence-corrected chi connectivity index (χ4v) is 4.62. The first-order valence-corrected chi connectivity index (χ1v) is 9.26. The Morgan fingerprint density at radius 1 is 1.40 bits per heavy atom. The highest BCUT2D eigenvalue weighted by molar-refractivity contribution is 7.18. The number of fused-ring (bicyclic) bond motifs is 3. The van der Waals surface area contributed by atoms with Crippen LogP contribution >= 0.6 is 11.3 Å². The highest BCUT2D eigenvalue weighted by Gasteiger charge is 2.21. The molecule has 6 nitrogen and oxygen atoms in total. The Balaban J connectivity index is 1.62. The third-order valence-electron chi connectivity index (χ3n) is 4.61. The summed E-state index contributed by atoms with van der Waals surface area (Å²) in [4.78, 5) is 31.9. The zero-order valence-electron chi connectivity index (χ0n) is 14.0. The van der Waals surface area contributed by atoms with Crippen LogP contribution in [0.5, 0.6) is 0 Å². The van der Waals surface area contributed by atoms with Gasteiger partial charge in [-0.25, -0.2) is 4.98 Å². The Bertz CT molecular complexity index is 985. The predicted molar refractivity (Wildman–Crippen MR) is 95.8 cm³/mol. The van der Waals surface area contributed by atoms with Crippen LogP contribution in [-0.4, -0.2) is 15.5 Å². The van der Waals surface area contributed by atoms with E-state index in [1.54, 1.807) is 36.7 Å². The summed E-state index contributed by atoms with van der Waals surface area (Å²) in [6.45, 7) is 2.06. The molecule has 25 heavy (non-hydrogen) atoms. The second-order valence-corrected chi connectivity index (χ2v) is 7.38. The number of hydrogen-bond donors (Lipinski definition) is 1. The maximum absolute atomic E-state index is 13.0. The Morgan fingerprint density at radius 2 is 2.24 bits per heavy atom. The van der Waals surface area contributed by atoms with Gasteiger partial charge in [-0.3, -0.25) is 14.2 Å². The molecule has 1 amide bonds. The highest BCUT2D eigenvalue weighted by atomic mass is 32.1. The molecular weight excluding hydrogens is 338 g/mol. The van der Waals surface area contributed by atoms with E-state index in [1.807, 2.05) is 0 Å². The third kappa shape index (κ3) is 3.00. The van der Waals surface area contributed by atoms with E-state index in [2.05, 4.69) is 10.3 Å². The summed E-state index contributed by atoms with van der Waals surface area (Å²) in [5.74, 6) is 1.02. The van der Waals surface area contributed by atoms with Crippen LogP contribution in [0.15, 0.2) is 27.6 Å². The summed E-state index contributed by atoms with van der Waals surface area (Å²) in [5.41, 5.74) is 1.04. The molecule has 0 saturated heterocycles. The number of amides is 1. The molecule has 0 radical (unpaired) electrons. The lowest BCUT2D eigenvalue weighted by Gasteiger charge is -2.12. The van der Waals surface area contributed by atoms with Crippen LogP contribution in [0.1, 0.15) is 34.9 Å². The summed E-state index contributed by atoms with van der Waals surface area (Å²) in [6, 6.07) is 3.57. The molecule has 3 aromatic rings. The van der Waals surface area contributed by atoms with Crippen LogP contribution in [0.4, 0.5) is 0 Å². The van der Waals surface area contributed by atoms with Crippen LogP contribution in [0, 0.1) is 6.92 Å². The summed E-state index contributed by atoms with van der Waals surface area (Å²) in [5, 5.41) is 3.49. The van der Waals surface area contributed by atoms with Crippen LogP contribution in [-0.2, 0) is 30.7 Å². The molecule has 1 aliphatic rings. The van der Waals surface area contributed by atoms with Crippen molar-refractivity contribution in [2.45, 2.75) is 45.7 Å². The molecule has 0 fully saturated rings. The second-order valence-electron chi connectivity index (χ2n) is 6.30. The molecule has 0 aromatic carbocycles. The zero-order valence-corrected chi connectivity index (χ0v) is 14.8. The smallest absolute Gasteiger partial charge is 0.263 e. The van der Waals surface area contributed by atoms with E-state index in [-0.39, 0.29) is 18.0 Å². The molecule has 130 valence electrons. The number of nitrogens with one attached hydrogen (secondary N) is 1. The Kier molecular flexibility index (Phi) is 4.17. The minimum atomic E-state index is -0.230. The number of hydrogen-bond acceptors (Lipinski definition) is 5. The lowest BCUT2D eigenvalue weighted by atomic mass is 9.97. The van der Waals surface area contributed by atoms with Crippen LogP contribution in [0.2, 0.25) is 0 Å². The SMILES string of the molecule is Cc1nc2sc3c(c2c(=O)n1CC(=O)NCc1ccco1)CCCC3. The van der Waals surface area contributed by atoms with Crippen molar-refractivity contribution in [1.82, 2.24) is 14.9 Å². The molecule has 0 unspecified atom stereocenters. The van der Waals surface area contributed by atoms with Gasteiger partial charge in [0.15, 0.2) is 0 Å². The van der Waals surface area contributed by atoms with Crippen molar-refractivity contribution in [3.8, 4) is 0 Å². The van der Waals surface area contributed by atoms with Gasteiger partial charge in [0.2, 0.25) is 5.91 Å². The molecule has 0 spiro atoms. The largest absolute Gasteiger partial charge is 0.467 e. The van der Waals surface area contributed by atoms with Gasteiger partial charge in [-0.05, 0) is 50.3 Å². The van der Waals surface area contributed by atoms with Crippen molar-refractivity contribution in [3.05, 3.63) is 50.8 Å². The average Bonchev–Trinajstić information content (AvgIpc) is 3.23. The van der Waals surface area contributed by atoms with Gasteiger partial charge in [0.1, 0.15) is 23.0 Å². The number of carbonyl (C=O) groups excluding carboxylic acids is 1. The minimum Gasteiger partial charge on any atom is -0.467 e. The van der Waals surface area contributed by atoms with Crippen molar-refractivity contribution in [2.24, 2.45) is 0 Å². The first kappa shape index (κ1) is 16.1. The van der Waals surface area contributed by atoms with E-state index < -0.39 is 0 Å². The average molecular weight is 357 g/mol. The second kappa shape index (κ2) is 6.48. The monoisotopic (exact) mass is 357 g/mol. The molecule has 1 aliphatic carbocycles. The Hall–Kier alpha value is -2.41. The number of nitrogens with zero attached hydrogens (tertiary/aromatic N) is 2. The molecule has 3 heterocycles. The van der Waals surface area contributed by atoms with Crippen LogP contribution in [0.3, 0.4) is 0 Å². The van der Waals surface area contributed by atoms with Crippen molar-refractivity contribution >= 4 is 27.5 Å². The molecule has 0 saturated carbocycles. The van der Waals surface area contributed by atoms with E-state index >= 15 is 0 Å². The highest BCUT2D eigenvalue weighted by Crippen LogP contribution is 2.33. The summed E-state index contributed by atoms with van der Waals surface area (Å²) in [6.07, 6.45) is 5.80. The quantitative estimate of drug-likeness (QED) is 0.778. The maximum atomic E-state index is 13.0. The van der Waals surface area contributed by atoms with Gasteiger partial charge in [0, 0.05) is 4.88 Å². The first-order valence-electron chi connectivity index (χ1n) is 8.44. The molecule has 7 heteroatoms. The molecule has 0 aliphatic heterocycles. The number of carbonyl (C=O) groups is 1. The summed E-state index contributed by atoms with van der Waals surface area (Å²) < 4.78 is 6.67. The normalized spacial score (nSPS) is 13.8. The predicted octanol–water partition coefficient (Wildman–Crippen LogP) is 2.55. The van der Waals surface area contributed by atoms with Gasteiger partial charge in [0.05, 0.1) is 18.2 Å². The lowest BCUT2D eigenvalue weighted by molar-refractivity contribution is -0.122. The van der Waals surface area contributed by atoms with Gasteiger partial charge < -0.3 is 9.73 Å². The van der Waals surface area contributed by atoms with E-state index in [0.29, 0.717) is 23.5 Å². The van der Waals surface area contributed by atoms with Gasteiger partial charge in [0.25, 0.3) is 5.56 Å². The van der Waals surface area contributed by atoms with E-state index in [1.165, 1.54) is 15.9 Å². The standard InChI is InChI=1S/C18H19N3O3S/c1-11-20-17-16(13-6-2-3-7-14(13)25-17)18(23)21(11)10-15(22)19-9-12-5-4-8-24-12/h4-5,8H,2-3,6-7,9-10H2,1H3,(H,19,22). The number of thiophene rings is 1. The van der Waals surface area contributed by atoms with E-state index in [9.17, 15) is 9.59 Å². The Labute approximate surface area is 148 Å². The van der Waals surface area contributed by atoms with Crippen molar-refractivity contribution in [2.75, 3.05) is 0 Å². The molecule has 3 aromatic heterocycles. The molecule has 0 atom stereocenters. The van der Waals surface area contributed by atoms with Gasteiger partial charge >= 0.3 is 0 Å². The topological polar surface area (TPSA) is 77.1 Å². The van der Waals surface area contributed by atoms with E-state index in [0.717, 1.165) is 29.7 Å².